The van der Waals surface area contributed by atoms with Crippen molar-refractivity contribution in [2.45, 2.75) is 25.8 Å². The molecule has 0 bridgehead atoms. The summed E-state index contributed by atoms with van der Waals surface area (Å²) in [6.45, 7) is 4.28. The maximum atomic E-state index is 14.2. The van der Waals surface area contributed by atoms with Crippen molar-refractivity contribution in [3.8, 4) is 5.75 Å². The molecule has 0 atom stereocenters. The van der Waals surface area contributed by atoms with Gasteiger partial charge in [-0.1, -0.05) is 36.4 Å². The number of ether oxygens (including phenoxy) is 2. The maximum absolute atomic E-state index is 14.2. The first-order valence-electron chi connectivity index (χ1n) is 9.52. The van der Waals surface area contributed by atoms with Gasteiger partial charge < -0.3 is 30.9 Å². The Morgan fingerprint density at radius 2 is 1.75 bits per heavy atom. The van der Waals surface area contributed by atoms with Crippen molar-refractivity contribution < 1.29 is 40.1 Å². The number of quaternary nitrogens is 1. The number of likely N-dealkylation sites (tertiary alicyclic amines) is 1. The molecule has 0 aliphatic carbocycles. The molecular formula is C22H27BrFNO3. The van der Waals surface area contributed by atoms with Crippen LogP contribution in [-0.4, -0.2) is 43.8 Å². The van der Waals surface area contributed by atoms with Gasteiger partial charge in [0.25, 0.3) is 0 Å². The monoisotopic (exact) mass is 451 g/mol. The number of halogens is 2. The van der Waals surface area contributed by atoms with E-state index in [-0.39, 0.29) is 28.3 Å². The second kappa shape index (κ2) is 10.6. The molecular weight excluding hydrogens is 425 g/mol. The Kier molecular flexibility index (Phi) is 8.45. The van der Waals surface area contributed by atoms with Gasteiger partial charge in [-0.2, -0.15) is 0 Å². The van der Waals surface area contributed by atoms with Crippen molar-refractivity contribution in [1.82, 2.24) is 0 Å². The maximum Gasteiger partial charge on any atom is 0.341 e. The minimum atomic E-state index is -0.587. The summed E-state index contributed by atoms with van der Waals surface area (Å²) in [4.78, 5) is 11.9. The van der Waals surface area contributed by atoms with Gasteiger partial charge >= 0.3 is 5.97 Å². The van der Waals surface area contributed by atoms with Crippen LogP contribution in [0.2, 0.25) is 0 Å². The fourth-order valence-corrected chi connectivity index (χ4v) is 3.88. The Balaban J connectivity index is 0.00000280. The van der Waals surface area contributed by atoms with Crippen LogP contribution in [-0.2, 0) is 11.3 Å². The number of esters is 1. The first-order valence-corrected chi connectivity index (χ1v) is 9.52. The Bertz CT molecular complexity index is 764. The lowest BCUT2D eigenvalue weighted by atomic mass is 10.1. The van der Waals surface area contributed by atoms with E-state index in [4.69, 9.17) is 9.47 Å². The number of carbonyl (C=O) groups is 1. The lowest BCUT2D eigenvalue weighted by Crippen LogP contribution is -3.00. The van der Waals surface area contributed by atoms with Gasteiger partial charge in [-0.25, -0.2) is 9.18 Å². The van der Waals surface area contributed by atoms with E-state index in [9.17, 15) is 9.18 Å². The van der Waals surface area contributed by atoms with Gasteiger partial charge in [-0.3, -0.25) is 0 Å². The number of para-hydroxylation sites is 1. The molecule has 0 aromatic heterocycles. The Hall–Kier alpha value is -1.92. The van der Waals surface area contributed by atoms with Crippen LogP contribution in [0.1, 0.15) is 35.2 Å². The number of methoxy groups -OCH3 is 1. The lowest BCUT2D eigenvalue weighted by molar-refractivity contribution is -0.945. The van der Waals surface area contributed by atoms with Crippen LogP contribution >= 0.6 is 0 Å². The zero-order chi connectivity index (χ0) is 19.1. The van der Waals surface area contributed by atoms with E-state index >= 15 is 0 Å². The summed E-state index contributed by atoms with van der Waals surface area (Å²) in [6, 6.07) is 14.8. The number of hydrogen-bond acceptors (Lipinski definition) is 3. The van der Waals surface area contributed by atoms with Crippen LogP contribution in [0.25, 0.3) is 0 Å². The van der Waals surface area contributed by atoms with Crippen molar-refractivity contribution in [3.63, 3.8) is 0 Å². The smallest absolute Gasteiger partial charge is 0.341 e. The first kappa shape index (κ1) is 22.4. The number of carbonyl (C=O) groups excluding carboxylic acids is 1. The van der Waals surface area contributed by atoms with Gasteiger partial charge in [0.15, 0.2) is 11.6 Å². The normalized spacial score (nSPS) is 15.4. The van der Waals surface area contributed by atoms with E-state index < -0.39 is 11.8 Å². The molecule has 0 N–H and O–H groups in total. The molecule has 2 aromatic rings. The molecule has 3 rings (SSSR count). The first-order chi connectivity index (χ1) is 13.1. The summed E-state index contributed by atoms with van der Waals surface area (Å²) in [7, 11) is 1.28. The molecule has 0 saturated carbocycles. The third-order valence-corrected chi connectivity index (χ3v) is 5.31. The third-order valence-electron chi connectivity index (χ3n) is 5.31. The highest BCUT2D eigenvalue weighted by molar-refractivity contribution is 5.92. The lowest BCUT2D eigenvalue weighted by Gasteiger charge is -2.41. The van der Waals surface area contributed by atoms with Crippen LogP contribution in [0.3, 0.4) is 0 Å². The highest BCUT2D eigenvalue weighted by Crippen LogP contribution is 2.26. The summed E-state index contributed by atoms with van der Waals surface area (Å²) in [5, 5.41) is 0. The number of piperidine rings is 1. The Morgan fingerprint density at radius 1 is 1.04 bits per heavy atom. The van der Waals surface area contributed by atoms with Gasteiger partial charge in [-0.05, 0) is 31.4 Å². The van der Waals surface area contributed by atoms with Gasteiger partial charge in [0, 0.05) is 5.56 Å². The van der Waals surface area contributed by atoms with E-state index in [1.165, 1.54) is 50.1 Å². The summed E-state index contributed by atoms with van der Waals surface area (Å²) in [5.74, 6) is -1.14. The molecule has 1 aliphatic rings. The number of hydrogen-bond donors (Lipinski definition) is 0. The van der Waals surface area contributed by atoms with Gasteiger partial charge in [-0.15, -0.1) is 0 Å². The molecule has 0 spiro atoms. The van der Waals surface area contributed by atoms with E-state index in [0.29, 0.717) is 6.61 Å². The van der Waals surface area contributed by atoms with E-state index in [1.807, 2.05) is 6.07 Å². The third kappa shape index (κ3) is 5.55. The summed E-state index contributed by atoms with van der Waals surface area (Å²) < 4.78 is 25.7. The van der Waals surface area contributed by atoms with Gasteiger partial charge in [0.2, 0.25) is 0 Å². The van der Waals surface area contributed by atoms with E-state index in [1.54, 1.807) is 0 Å². The van der Waals surface area contributed by atoms with Crippen molar-refractivity contribution in [1.29, 1.82) is 0 Å². The average molecular weight is 452 g/mol. The largest absolute Gasteiger partial charge is 1.00 e. The molecule has 6 heteroatoms. The Morgan fingerprint density at radius 3 is 2.43 bits per heavy atom. The molecule has 0 amide bonds. The van der Waals surface area contributed by atoms with Crippen LogP contribution in [0.5, 0.6) is 5.75 Å². The topological polar surface area (TPSA) is 35.5 Å². The number of nitrogens with zero attached hydrogens (tertiary/aromatic N) is 1. The summed E-state index contributed by atoms with van der Waals surface area (Å²) in [5.41, 5.74) is 1.44. The quantitative estimate of drug-likeness (QED) is 0.468. The highest BCUT2D eigenvalue weighted by atomic mass is 79.9. The molecule has 2 aromatic carbocycles. The van der Waals surface area contributed by atoms with E-state index in [0.717, 1.165) is 30.7 Å². The van der Waals surface area contributed by atoms with Crippen molar-refractivity contribution in [2.24, 2.45) is 0 Å². The standard InChI is InChI=1S/C22H27FNO3.BrH/c1-26-22(25)19-11-8-12-20(23)21(19)27-16-15-24(13-6-3-7-14-24)17-18-9-4-2-5-10-18;/h2,4-5,8-12H,3,6-7,13-17H2,1H3;1H/q+1;/p-1. The fraction of sp³-hybridized carbons (Fsp3) is 0.409. The zero-order valence-corrected chi connectivity index (χ0v) is 17.8. The minimum absolute atomic E-state index is 0. The van der Waals surface area contributed by atoms with E-state index in [2.05, 4.69) is 24.3 Å². The van der Waals surface area contributed by atoms with Gasteiger partial charge in [0.05, 0.1) is 20.2 Å². The summed E-state index contributed by atoms with van der Waals surface area (Å²) in [6.07, 6.45) is 3.65. The second-order valence-corrected chi connectivity index (χ2v) is 7.17. The predicted molar refractivity (Wildman–Crippen MR) is 102 cm³/mol. The van der Waals surface area contributed by atoms with Crippen LogP contribution in [0, 0.1) is 5.82 Å². The molecule has 1 fully saturated rings. The summed E-state index contributed by atoms with van der Waals surface area (Å²) >= 11 is 0. The van der Waals surface area contributed by atoms with Gasteiger partial charge in [0.1, 0.15) is 25.3 Å². The molecule has 1 aliphatic heterocycles. The Labute approximate surface area is 176 Å². The fourth-order valence-electron chi connectivity index (χ4n) is 3.88. The molecule has 28 heavy (non-hydrogen) atoms. The van der Waals surface area contributed by atoms with Crippen molar-refractivity contribution in [2.75, 3.05) is 33.4 Å². The molecule has 1 heterocycles. The molecule has 0 radical (unpaired) electrons. The van der Waals surface area contributed by atoms with Crippen LogP contribution in [0.4, 0.5) is 4.39 Å². The SMILES string of the molecule is COC(=O)c1cccc(F)c1OCC[N+]1(Cc2ccccc2)CCCCC1.[Br-]. The molecule has 4 nitrogen and oxygen atoms in total. The highest BCUT2D eigenvalue weighted by Gasteiger charge is 2.30. The van der Waals surface area contributed by atoms with Crippen LogP contribution in [0.15, 0.2) is 48.5 Å². The molecule has 0 unspecified atom stereocenters. The number of benzene rings is 2. The number of rotatable bonds is 7. The molecule has 1 saturated heterocycles. The predicted octanol–water partition coefficient (Wildman–Crippen LogP) is 1.20. The average Bonchev–Trinajstić information content (AvgIpc) is 2.70. The zero-order valence-electron chi connectivity index (χ0n) is 16.2. The second-order valence-electron chi connectivity index (χ2n) is 7.17. The van der Waals surface area contributed by atoms with Crippen molar-refractivity contribution >= 4 is 5.97 Å². The van der Waals surface area contributed by atoms with Crippen LogP contribution < -0.4 is 21.7 Å². The van der Waals surface area contributed by atoms with Crippen molar-refractivity contribution in [3.05, 3.63) is 65.5 Å². The minimum Gasteiger partial charge on any atom is -1.00 e. The molecule has 152 valence electrons.